The Kier molecular flexibility index (Phi) is 23.4. The second-order valence-electron chi connectivity index (χ2n) is 23.5. The van der Waals surface area contributed by atoms with Crippen LogP contribution in [0.4, 0.5) is 15.4 Å². The second-order valence-corrected chi connectivity index (χ2v) is 25.0. The molecule has 7 aromatic carbocycles. The first kappa shape index (κ1) is 69.1. The average Bonchev–Trinajstić information content (AvgIpc) is 1.21. The fourth-order valence-corrected chi connectivity index (χ4v) is 13.6. The van der Waals surface area contributed by atoms with Gasteiger partial charge in [-0.15, -0.1) is 0 Å². The summed E-state index contributed by atoms with van der Waals surface area (Å²) in [5.74, 6) is 0.688. The van der Waals surface area contributed by atoms with E-state index in [-0.39, 0.29) is 99.8 Å². The first-order chi connectivity index (χ1) is 46.5. The molecule has 4 atom stereocenters. The minimum atomic E-state index is -1.77. The predicted molar refractivity (Wildman–Crippen MR) is 361 cm³/mol. The van der Waals surface area contributed by atoms with E-state index in [0.29, 0.717) is 17.1 Å². The van der Waals surface area contributed by atoms with Gasteiger partial charge in [-0.25, -0.2) is 19.1 Å². The molecule has 1 fully saturated rings. The standard InChI is InChI=1S/C74H78N7O14P/c1-49(2)81(50(3)4)96(92-42-15-39-75)95-65-45-69(94-66(65)48-91-74(54-16-9-8-10-17-54,55-28-34-57(87-6)35-29-55)56-30-36-58(88-7)37-31-56)80-40-38-67(78-71(80)84)77-70(83)53-26-22-52(23-27-53)46-76-68(82)44-51-24-32-59(33-25-51)93-73(86)89-43-41-79(5)72(85)90-47-64-62-20-13-11-18-60(62)61-19-12-14-21-63(61)64/h8-14,16-38,40,49-50,64-66,69H,15,41-48H2,1-7H3,(H,76,82)(H,77,78,83,84)/t65?,66-,69?,96?/m1/s1. The van der Waals surface area contributed by atoms with Crippen LogP contribution in [-0.2, 0) is 51.4 Å². The van der Waals surface area contributed by atoms with Crippen LogP contribution in [0.1, 0.15) is 102 Å². The molecule has 1 aromatic heterocycles. The lowest BCUT2D eigenvalue weighted by molar-refractivity contribution is -0.120. The number of carbonyl (C=O) groups excluding carboxylic acids is 4. The topological polar surface area (TPSA) is 241 Å². The molecule has 0 radical (unpaired) electrons. The highest BCUT2D eigenvalue weighted by Gasteiger charge is 2.45. The van der Waals surface area contributed by atoms with E-state index in [4.69, 9.17) is 42.2 Å². The maximum Gasteiger partial charge on any atom is 0.513 e. The lowest BCUT2D eigenvalue weighted by Gasteiger charge is -2.39. The molecule has 0 spiro atoms. The van der Waals surface area contributed by atoms with Crippen molar-refractivity contribution in [2.75, 3.05) is 59.6 Å². The number of amides is 3. The van der Waals surface area contributed by atoms with E-state index in [1.54, 1.807) is 69.8 Å². The van der Waals surface area contributed by atoms with Gasteiger partial charge in [-0.2, -0.15) is 10.2 Å². The van der Waals surface area contributed by atoms with Gasteiger partial charge in [0, 0.05) is 49.8 Å². The van der Waals surface area contributed by atoms with Crippen molar-refractivity contribution < 1.29 is 61.4 Å². The molecule has 3 unspecified atom stereocenters. The summed E-state index contributed by atoms with van der Waals surface area (Å²) >= 11 is 0. The number of benzene rings is 7. The fourth-order valence-electron chi connectivity index (χ4n) is 11.8. The van der Waals surface area contributed by atoms with Gasteiger partial charge < -0.3 is 57.7 Å². The number of nitrogens with one attached hydrogen (secondary N) is 2. The van der Waals surface area contributed by atoms with Crippen LogP contribution >= 0.6 is 8.53 Å². The summed E-state index contributed by atoms with van der Waals surface area (Å²) in [6.45, 7) is 8.61. The summed E-state index contributed by atoms with van der Waals surface area (Å²) in [6, 6.07) is 58.1. The van der Waals surface area contributed by atoms with Gasteiger partial charge in [0.1, 0.15) is 54.2 Å². The van der Waals surface area contributed by atoms with E-state index >= 15 is 0 Å². The van der Waals surface area contributed by atoms with Crippen LogP contribution in [-0.4, -0.2) is 122 Å². The largest absolute Gasteiger partial charge is 0.513 e. The molecule has 1 aliphatic carbocycles. The number of carbonyl (C=O) groups is 4. The van der Waals surface area contributed by atoms with Gasteiger partial charge in [0.05, 0.1) is 59.0 Å². The number of ether oxygens (including phenoxy) is 7. The maximum absolute atomic E-state index is 14.1. The number of aromatic nitrogens is 2. The fraction of sp³-hybridized carbons (Fsp3) is 0.311. The molecule has 498 valence electrons. The first-order valence-corrected chi connectivity index (χ1v) is 32.8. The zero-order valence-electron chi connectivity index (χ0n) is 54.6. The monoisotopic (exact) mass is 1320 g/mol. The van der Waals surface area contributed by atoms with Crippen molar-refractivity contribution in [1.29, 1.82) is 5.26 Å². The van der Waals surface area contributed by atoms with Crippen LogP contribution < -0.4 is 30.5 Å². The molecule has 22 heteroatoms. The van der Waals surface area contributed by atoms with Gasteiger partial charge in [0.2, 0.25) is 5.91 Å². The number of likely N-dealkylation sites (N-methyl/N-ethyl adjacent to an activating group) is 1. The van der Waals surface area contributed by atoms with Gasteiger partial charge >= 0.3 is 17.9 Å². The van der Waals surface area contributed by atoms with Crippen molar-refractivity contribution in [2.45, 2.75) is 95.5 Å². The number of methoxy groups -OCH3 is 2. The molecule has 1 aliphatic heterocycles. The van der Waals surface area contributed by atoms with Crippen molar-refractivity contribution in [1.82, 2.24) is 24.4 Å². The Morgan fingerprint density at radius 2 is 1.29 bits per heavy atom. The molecule has 3 amide bonds. The Labute approximate surface area is 559 Å². The van der Waals surface area contributed by atoms with Gasteiger partial charge in [-0.05, 0) is 132 Å². The van der Waals surface area contributed by atoms with Crippen LogP contribution in [0.5, 0.6) is 17.2 Å². The number of rotatable bonds is 29. The minimum Gasteiger partial charge on any atom is -0.497 e. The molecule has 2 N–H and O–H groups in total. The van der Waals surface area contributed by atoms with Gasteiger partial charge in [0.25, 0.3) is 14.4 Å². The SMILES string of the molecule is COc1ccc(C(OC[C@H]2OC(n3ccc(NC(=O)c4ccc(CNC(=O)Cc5ccc(OC(=O)OCCN(C)C(=O)OCC6c7ccccc7-c7ccccc76)cc5)cc4)nc3=O)CC2OP(OCCC#N)N(C(C)C)C(C)C)(c2ccccc2)c2ccc(OC)cc2)cc1. The van der Waals surface area contributed by atoms with Crippen LogP contribution in [0.3, 0.4) is 0 Å². The second kappa shape index (κ2) is 32.6. The van der Waals surface area contributed by atoms with Crippen molar-refractivity contribution in [3.63, 3.8) is 0 Å². The number of nitrogens with zero attached hydrogens (tertiary/aromatic N) is 5. The molecular weight excluding hydrogens is 1240 g/mol. The molecule has 2 heterocycles. The zero-order chi connectivity index (χ0) is 67.7. The molecular formula is C74H78N7O14P. The third-order valence-corrected chi connectivity index (χ3v) is 18.7. The molecule has 96 heavy (non-hydrogen) atoms. The van der Waals surface area contributed by atoms with Crippen molar-refractivity contribution >= 4 is 38.4 Å². The highest BCUT2D eigenvalue weighted by Crippen LogP contribution is 2.51. The third kappa shape index (κ3) is 16.8. The molecule has 0 bridgehead atoms. The van der Waals surface area contributed by atoms with Crippen molar-refractivity contribution in [2.24, 2.45) is 0 Å². The van der Waals surface area contributed by atoms with Crippen molar-refractivity contribution in [3.8, 4) is 34.4 Å². The maximum atomic E-state index is 14.1. The number of nitriles is 1. The van der Waals surface area contributed by atoms with Crippen LogP contribution in [0.25, 0.3) is 11.1 Å². The highest BCUT2D eigenvalue weighted by atomic mass is 31.2. The smallest absolute Gasteiger partial charge is 0.497 e. The Morgan fingerprint density at radius 3 is 1.89 bits per heavy atom. The van der Waals surface area contributed by atoms with Gasteiger partial charge in [-0.3, -0.25) is 14.2 Å². The Bertz CT molecular complexity index is 3940. The summed E-state index contributed by atoms with van der Waals surface area (Å²) in [4.78, 5) is 71.8. The Morgan fingerprint density at radius 1 is 0.708 bits per heavy atom. The zero-order valence-corrected chi connectivity index (χ0v) is 55.5. The number of anilines is 1. The van der Waals surface area contributed by atoms with Gasteiger partial charge in [0.15, 0.2) is 0 Å². The summed E-state index contributed by atoms with van der Waals surface area (Å²) in [7, 11) is 3.02. The van der Waals surface area contributed by atoms with E-state index in [2.05, 4.69) is 66.2 Å². The number of fused-ring (bicyclic) bond motifs is 3. The minimum absolute atomic E-state index is 0.00198. The van der Waals surface area contributed by atoms with E-state index in [1.807, 2.05) is 115 Å². The lowest BCUT2D eigenvalue weighted by Crippen LogP contribution is -2.39. The Hall–Kier alpha value is -9.78. The predicted octanol–water partition coefficient (Wildman–Crippen LogP) is 12.7. The number of hydrogen-bond acceptors (Lipinski definition) is 17. The summed E-state index contributed by atoms with van der Waals surface area (Å²) in [5, 5.41) is 15.1. The summed E-state index contributed by atoms with van der Waals surface area (Å²) < 4.78 is 58.4. The van der Waals surface area contributed by atoms with Gasteiger partial charge in [-0.1, -0.05) is 127 Å². The summed E-state index contributed by atoms with van der Waals surface area (Å²) in [5.41, 5.74) is 6.69. The highest BCUT2D eigenvalue weighted by molar-refractivity contribution is 7.44. The molecule has 21 nitrogen and oxygen atoms in total. The van der Waals surface area contributed by atoms with E-state index in [0.717, 1.165) is 44.5 Å². The average molecular weight is 1320 g/mol. The van der Waals surface area contributed by atoms with E-state index < -0.39 is 56.4 Å². The molecule has 10 rings (SSSR count). The lowest BCUT2D eigenvalue weighted by atomic mass is 9.80. The Balaban J connectivity index is 0.729. The number of hydrogen-bond donors (Lipinski definition) is 2. The summed E-state index contributed by atoms with van der Waals surface area (Å²) in [6.07, 6.45) is -1.99. The van der Waals surface area contributed by atoms with E-state index in [1.165, 1.54) is 21.7 Å². The van der Waals surface area contributed by atoms with Crippen LogP contribution in [0.2, 0.25) is 0 Å². The molecule has 1 saturated heterocycles. The normalized spacial score (nSPS) is 15.3. The van der Waals surface area contributed by atoms with Crippen LogP contribution in [0.15, 0.2) is 193 Å². The van der Waals surface area contributed by atoms with Crippen LogP contribution in [0, 0.1) is 11.3 Å². The molecule has 8 aromatic rings. The van der Waals surface area contributed by atoms with Crippen molar-refractivity contribution in [3.05, 3.63) is 243 Å². The molecule has 2 aliphatic rings. The molecule has 0 saturated carbocycles. The van der Waals surface area contributed by atoms with E-state index in [9.17, 15) is 29.2 Å². The third-order valence-electron chi connectivity index (χ3n) is 16.6. The quantitative estimate of drug-likeness (QED) is 0.0146. The first-order valence-electron chi connectivity index (χ1n) is 31.7.